The topological polar surface area (TPSA) is 27.7 Å². The number of halogens is 3. The van der Waals surface area contributed by atoms with Crippen molar-refractivity contribution >= 4 is 34.8 Å². The molecule has 118 valence electrons. The maximum Gasteiger partial charge on any atom is 0.230 e. The SMILES string of the molecule is COc1ccc(OC(c2ccc(OC)cc2)C(Cl)(Cl)Cl)cc1. The van der Waals surface area contributed by atoms with E-state index in [1.165, 1.54) is 0 Å². The van der Waals surface area contributed by atoms with Crippen LogP contribution in [0, 0.1) is 0 Å². The summed E-state index contributed by atoms with van der Waals surface area (Å²) in [4.78, 5) is 0. The molecule has 22 heavy (non-hydrogen) atoms. The van der Waals surface area contributed by atoms with E-state index in [9.17, 15) is 0 Å². The molecular weight excluding hydrogens is 347 g/mol. The second kappa shape index (κ2) is 7.32. The average molecular weight is 362 g/mol. The lowest BCUT2D eigenvalue weighted by molar-refractivity contribution is 0.210. The van der Waals surface area contributed by atoms with Gasteiger partial charge in [0.1, 0.15) is 17.2 Å². The molecular formula is C16H15Cl3O3. The van der Waals surface area contributed by atoms with Crippen LogP contribution in [0.2, 0.25) is 0 Å². The van der Waals surface area contributed by atoms with Gasteiger partial charge in [0, 0.05) is 0 Å². The maximum atomic E-state index is 6.07. The van der Waals surface area contributed by atoms with Crippen LogP contribution in [0.5, 0.6) is 17.2 Å². The van der Waals surface area contributed by atoms with Gasteiger partial charge in [0.05, 0.1) is 14.2 Å². The molecule has 6 heteroatoms. The third-order valence-electron chi connectivity index (χ3n) is 3.03. The molecule has 0 aliphatic heterocycles. The van der Waals surface area contributed by atoms with Gasteiger partial charge in [0.25, 0.3) is 0 Å². The van der Waals surface area contributed by atoms with Crippen molar-refractivity contribution < 1.29 is 14.2 Å². The lowest BCUT2D eigenvalue weighted by Gasteiger charge is -2.26. The average Bonchev–Trinajstić information content (AvgIpc) is 2.52. The molecule has 0 amide bonds. The Kier molecular flexibility index (Phi) is 5.68. The number of rotatable bonds is 5. The molecule has 2 rings (SSSR count). The Morgan fingerprint density at radius 1 is 0.727 bits per heavy atom. The molecule has 1 atom stereocenters. The van der Waals surface area contributed by atoms with Gasteiger partial charge >= 0.3 is 0 Å². The summed E-state index contributed by atoms with van der Waals surface area (Å²) in [6.45, 7) is 0. The predicted molar refractivity (Wildman–Crippen MR) is 89.6 cm³/mol. The summed E-state index contributed by atoms with van der Waals surface area (Å²) in [6.07, 6.45) is -0.753. The van der Waals surface area contributed by atoms with Crippen LogP contribution in [0.15, 0.2) is 48.5 Å². The highest BCUT2D eigenvalue weighted by atomic mass is 35.6. The van der Waals surface area contributed by atoms with Crippen LogP contribution in [-0.2, 0) is 0 Å². The Balaban J connectivity index is 2.25. The fraction of sp³-hybridized carbons (Fsp3) is 0.250. The Morgan fingerprint density at radius 2 is 1.14 bits per heavy atom. The summed E-state index contributed by atoms with van der Waals surface area (Å²) in [5.41, 5.74) is 0.733. The van der Waals surface area contributed by atoms with Gasteiger partial charge in [0.2, 0.25) is 3.79 Å². The number of ether oxygens (including phenoxy) is 3. The van der Waals surface area contributed by atoms with Crippen LogP contribution < -0.4 is 14.2 Å². The summed E-state index contributed by atoms with van der Waals surface area (Å²) >= 11 is 18.2. The molecule has 0 aliphatic carbocycles. The second-order valence-electron chi connectivity index (χ2n) is 4.49. The summed E-state index contributed by atoms with van der Waals surface area (Å²) in [5, 5.41) is 0. The first-order chi connectivity index (χ1) is 10.4. The van der Waals surface area contributed by atoms with Gasteiger partial charge in [0.15, 0.2) is 6.10 Å². The number of hydrogen-bond acceptors (Lipinski definition) is 3. The van der Waals surface area contributed by atoms with Crippen molar-refractivity contribution in [3.63, 3.8) is 0 Å². The molecule has 2 aromatic rings. The monoisotopic (exact) mass is 360 g/mol. The molecule has 0 aromatic heterocycles. The molecule has 0 saturated carbocycles. The summed E-state index contributed by atoms with van der Waals surface area (Å²) in [6, 6.07) is 14.2. The summed E-state index contributed by atoms with van der Waals surface area (Å²) < 4.78 is 14.5. The quantitative estimate of drug-likeness (QED) is 0.686. The Bertz CT molecular complexity index is 592. The normalized spacial score (nSPS) is 12.6. The molecule has 2 aromatic carbocycles. The van der Waals surface area contributed by atoms with Gasteiger partial charge in [-0.3, -0.25) is 0 Å². The van der Waals surface area contributed by atoms with E-state index < -0.39 is 9.90 Å². The molecule has 0 heterocycles. The van der Waals surface area contributed by atoms with Gasteiger partial charge < -0.3 is 14.2 Å². The highest BCUT2D eigenvalue weighted by molar-refractivity contribution is 6.68. The highest BCUT2D eigenvalue weighted by Crippen LogP contribution is 2.43. The van der Waals surface area contributed by atoms with Crippen LogP contribution in [-0.4, -0.2) is 18.0 Å². The van der Waals surface area contributed by atoms with Gasteiger partial charge in [-0.1, -0.05) is 46.9 Å². The van der Waals surface area contributed by atoms with Crippen LogP contribution in [0.3, 0.4) is 0 Å². The van der Waals surface area contributed by atoms with Crippen molar-refractivity contribution in [2.45, 2.75) is 9.90 Å². The van der Waals surface area contributed by atoms with Crippen molar-refractivity contribution in [1.82, 2.24) is 0 Å². The molecule has 0 saturated heterocycles. The molecule has 3 nitrogen and oxygen atoms in total. The van der Waals surface area contributed by atoms with Crippen LogP contribution in [0.4, 0.5) is 0 Å². The molecule has 0 aliphatic rings. The van der Waals surface area contributed by atoms with Crippen LogP contribution in [0.25, 0.3) is 0 Å². The first-order valence-corrected chi connectivity index (χ1v) is 7.59. The fourth-order valence-corrected chi connectivity index (χ4v) is 2.40. The molecule has 1 unspecified atom stereocenters. The van der Waals surface area contributed by atoms with Gasteiger partial charge in [-0.15, -0.1) is 0 Å². The standard InChI is InChI=1S/C16H15Cl3O3/c1-20-12-5-3-11(4-6-12)15(16(17,18)19)22-14-9-7-13(21-2)8-10-14/h3-10,15H,1-2H3. The molecule has 0 bridgehead atoms. The second-order valence-corrected chi connectivity index (χ2v) is 6.86. The maximum absolute atomic E-state index is 6.07. The van der Waals surface area contributed by atoms with E-state index in [1.54, 1.807) is 62.8 Å². The fourth-order valence-electron chi connectivity index (χ4n) is 1.89. The minimum absolute atomic E-state index is 0.577. The molecule has 0 N–H and O–H groups in total. The third-order valence-corrected chi connectivity index (χ3v) is 3.62. The first-order valence-electron chi connectivity index (χ1n) is 6.45. The van der Waals surface area contributed by atoms with E-state index >= 15 is 0 Å². The van der Waals surface area contributed by atoms with Gasteiger partial charge in [-0.25, -0.2) is 0 Å². The van der Waals surface area contributed by atoms with E-state index in [-0.39, 0.29) is 0 Å². The lowest BCUT2D eigenvalue weighted by Crippen LogP contribution is -2.23. The van der Waals surface area contributed by atoms with E-state index in [0.717, 1.165) is 17.1 Å². The minimum atomic E-state index is -1.62. The Labute approximate surface area is 144 Å². The highest BCUT2D eigenvalue weighted by Gasteiger charge is 2.36. The van der Waals surface area contributed by atoms with Crippen LogP contribution >= 0.6 is 34.8 Å². The molecule has 0 radical (unpaired) electrons. The van der Waals surface area contributed by atoms with Gasteiger partial charge in [-0.2, -0.15) is 0 Å². The van der Waals surface area contributed by atoms with E-state index in [2.05, 4.69) is 0 Å². The number of benzene rings is 2. The lowest BCUT2D eigenvalue weighted by atomic mass is 10.1. The molecule has 0 spiro atoms. The zero-order valence-corrected chi connectivity index (χ0v) is 14.3. The molecule has 0 fully saturated rings. The van der Waals surface area contributed by atoms with E-state index in [0.29, 0.717) is 5.75 Å². The third kappa shape index (κ3) is 4.35. The van der Waals surface area contributed by atoms with Crippen LogP contribution in [0.1, 0.15) is 11.7 Å². The first kappa shape index (κ1) is 17.1. The zero-order chi connectivity index (χ0) is 16.2. The number of alkyl halides is 3. The Hall–Kier alpha value is -1.29. The van der Waals surface area contributed by atoms with Crippen molar-refractivity contribution in [3.8, 4) is 17.2 Å². The van der Waals surface area contributed by atoms with Crippen molar-refractivity contribution in [1.29, 1.82) is 0 Å². The van der Waals surface area contributed by atoms with E-state index in [4.69, 9.17) is 49.0 Å². The zero-order valence-electron chi connectivity index (χ0n) is 12.1. The van der Waals surface area contributed by atoms with E-state index in [1.807, 2.05) is 0 Å². The largest absolute Gasteiger partial charge is 0.497 e. The Morgan fingerprint density at radius 3 is 1.55 bits per heavy atom. The van der Waals surface area contributed by atoms with Crippen molar-refractivity contribution in [2.24, 2.45) is 0 Å². The number of methoxy groups -OCH3 is 2. The smallest absolute Gasteiger partial charge is 0.230 e. The summed E-state index contributed by atoms with van der Waals surface area (Å²) in [5.74, 6) is 2.02. The van der Waals surface area contributed by atoms with Crippen molar-refractivity contribution in [2.75, 3.05) is 14.2 Å². The number of hydrogen-bond donors (Lipinski definition) is 0. The van der Waals surface area contributed by atoms with Gasteiger partial charge in [-0.05, 0) is 42.0 Å². The van der Waals surface area contributed by atoms with Crippen molar-refractivity contribution in [3.05, 3.63) is 54.1 Å². The minimum Gasteiger partial charge on any atom is -0.497 e. The summed E-state index contributed by atoms with van der Waals surface area (Å²) in [7, 11) is 3.19. The predicted octanol–water partition coefficient (Wildman–Crippen LogP) is 5.19.